The maximum atomic E-state index is 11.6. The van der Waals surface area contributed by atoms with Crippen LogP contribution in [0.3, 0.4) is 0 Å². The molecule has 0 unspecified atom stereocenters. The number of anilines is 1. The molecule has 0 saturated carbocycles. The Kier molecular flexibility index (Phi) is 4.74. The molecule has 4 nitrogen and oxygen atoms in total. The molecule has 1 heterocycles. The molecule has 1 aromatic carbocycles. The van der Waals surface area contributed by atoms with Crippen molar-refractivity contribution in [2.45, 2.75) is 20.3 Å². The summed E-state index contributed by atoms with van der Waals surface area (Å²) >= 11 is 1.34. The summed E-state index contributed by atoms with van der Waals surface area (Å²) in [6, 6.07) is 8.00. The van der Waals surface area contributed by atoms with Gasteiger partial charge in [-0.2, -0.15) is 4.37 Å². The molecular weight excluding hydrogens is 272 g/mol. The minimum atomic E-state index is 0.0585. The number of hydrogen-bond donors (Lipinski definition) is 1. The lowest BCUT2D eigenvalue weighted by Crippen LogP contribution is -2.07. The Morgan fingerprint density at radius 1 is 1.35 bits per heavy atom. The highest BCUT2D eigenvalue weighted by molar-refractivity contribution is 7.10. The van der Waals surface area contributed by atoms with E-state index in [4.69, 9.17) is 4.74 Å². The van der Waals surface area contributed by atoms with Crippen molar-refractivity contribution >= 4 is 22.3 Å². The number of benzene rings is 1. The molecule has 0 amide bonds. The van der Waals surface area contributed by atoms with Crippen molar-refractivity contribution in [3.8, 4) is 5.75 Å². The van der Waals surface area contributed by atoms with E-state index in [9.17, 15) is 4.79 Å². The number of rotatable bonds is 6. The normalized spacial score (nSPS) is 10.3. The summed E-state index contributed by atoms with van der Waals surface area (Å²) in [4.78, 5) is 11.6. The van der Waals surface area contributed by atoms with Crippen molar-refractivity contribution in [2.24, 2.45) is 0 Å². The first-order valence-corrected chi connectivity index (χ1v) is 7.23. The number of nitrogens with zero attached hydrogens (tertiary/aromatic N) is 1. The number of aryl methyl sites for hydroxylation is 1. The lowest BCUT2D eigenvalue weighted by atomic mass is 10.1. The largest absolute Gasteiger partial charge is 0.497 e. The fourth-order valence-electron chi connectivity index (χ4n) is 2.02. The van der Waals surface area contributed by atoms with Crippen LogP contribution in [-0.4, -0.2) is 23.8 Å². The number of ether oxygens (including phenoxy) is 1. The van der Waals surface area contributed by atoms with Crippen molar-refractivity contribution < 1.29 is 9.53 Å². The minimum Gasteiger partial charge on any atom is -0.497 e. The monoisotopic (exact) mass is 290 g/mol. The van der Waals surface area contributed by atoms with Gasteiger partial charge in [-0.05, 0) is 49.5 Å². The van der Waals surface area contributed by atoms with Gasteiger partial charge in [-0.3, -0.25) is 4.79 Å². The topological polar surface area (TPSA) is 51.2 Å². The summed E-state index contributed by atoms with van der Waals surface area (Å²) < 4.78 is 9.36. The zero-order valence-electron chi connectivity index (χ0n) is 11.9. The van der Waals surface area contributed by atoms with Gasteiger partial charge in [-0.1, -0.05) is 12.1 Å². The van der Waals surface area contributed by atoms with Crippen LogP contribution in [0, 0.1) is 6.92 Å². The van der Waals surface area contributed by atoms with Crippen molar-refractivity contribution in [3.63, 3.8) is 0 Å². The molecule has 0 aliphatic heterocycles. The van der Waals surface area contributed by atoms with E-state index >= 15 is 0 Å². The Bertz CT molecular complexity index is 590. The highest BCUT2D eigenvalue weighted by atomic mass is 32.1. The maximum absolute atomic E-state index is 11.6. The van der Waals surface area contributed by atoms with E-state index < -0.39 is 0 Å². The average Bonchev–Trinajstić information content (AvgIpc) is 2.81. The predicted molar refractivity (Wildman–Crippen MR) is 82.0 cm³/mol. The number of hydrogen-bond acceptors (Lipinski definition) is 5. The van der Waals surface area contributed by atoms with Gasteiger partial charge in [0.1, 0.15) is 10.8 Å². The molecule has 5 heteroatoms. The maximum Gasteiger partial charge on any atom is 0.164 e. The van der Waals surface area contributed by atoms with Crippen LogP contribution in [0.1, 0.15) is 28.5 Å². The molecule has 1 aromatic heterocycles. The van der Waals surface area contributed by atoms with Gasteiger partial charge in [-0.15, -0.1) is 0 Å². The number of methoxy groups -OCH3 is 1. The van der Waals surface area contributed by atoms with E-state index in [2.05, 4.69) is 9.69 Å². The highest BCUT2D eigenvalue weighted by Gasteiger charge is 2.14. The zero-order valence-corrected chi connectivity index (χ0v) is 12.7. The van der Waals surface area contributed by atoms with Crippen molar-refractivity contribution in [3.05, 3.63) is 41.1 Å². The van der Waals surface area contributed by atoms with Crippen molar-refractivity contribution in [2.75, 3.05) is 19.0 Å². The third kappa shape index (κ3) is 3.36. The molecule has 2 rings (SSSR count). The first kappa shape index (κ1) is 14.5. The number of Topliss-reactive ketones (excluding diaryl/α,β-unsaturated/α-hetero) is 1. The van der Waals surface area contributed by atoms with Crippen LogP contribution in [0.5, 0.6) is 5.75 Å². The SMILES string of the molecule is COc1ccc(CCNc2snc(C)c2C(C)=O)cc1. The molecule has 106 valence electrons. The second-order valence-corrected chi connectivity index (χ2v) is 5.33. The molecule has 2 aromatic rings. The molecule has 0 fully saturated rings. The smallest absolute Gasteiger partial charge is 0.164 e. The van der Waals surface area contributed by atoms with Gasteiger partial charge in [0.2, 0.25) is 0 Å². The van der Waals surface area contributed by atoms with Gasteiger partial charge in [0.05, 0.1) is 18.4 Å². The third-order valence-electron chi connectivity index (χ3n) is 3.07. The number of nitrogens with one attached hydrogen (secondary N) is 1. The lowest BCUT2D eigenvalue weighted by Gasteiger charge is -2.06. The van der Waals surface area contributed by atoms with Crippen LogP contribution in [0.4, 0.5) is 5.00 Å². The van der Waals surface area contributed by atoms with Gasteiger partial charge in [-0.25, -0.2) is 0 Å². The van der Waals surface area contributed by atoms with Gasteiger partial charge in [0.25, 0.3) is 0 Å². The molecule has 1 N–H and O–H groups in total. The summed E-state index contributed by atoms with van der Waals surface area (Å²) in [5, 5.41) is 4.16. The third-order valence-corrected chi connectivity index (χ3v) is 3.97. The fraction of sp³-hybridized carbons (Fsp3) is 0.333. The Morgan fingerprint density at radius 2 is 2.05 bits per heavy atom. The van der Waals surface area contributed by atoms with Crippen LogP contribution >= 0.6 is 11.5 Å². The molecular formula is C15H18N2O2S. The average molecular weight is 290 g/mol. The van der Waals surface area contributed by atoms with Gasteiger partial charge < -0.3 is 10.1 Å². The number of aromatic nitrogens is 1. The second-order valence-electron chi connectivity index (χ2n) is 4.55. The fourth-order valence-corrected chi connectivity index (χ4v) is 2.89. The Labute approximate surface area is 123 Å². The zero-order chi connectivity index (χ0) is 14.5. The van der Waals surface area contributed by atoms with Gasteiger partial charge in [0.15, 0.2) is 5.78 Å². The molecule has 0 aliphatic carbocycles. The molecule has 0 atom stereocenters. The van der Waals surface area contributed by atoms with Gasteiger partial charge >= 0.3 is 0 Å². The molecule has 0 aliphatic rings. The Balaban J connectivity index is 1.94. The van der Waals surface area contributed by atoms with E-state index in [1.54, 1.807) is 14.0 Å². The quantitative estimate of drug-likeness (QED) is 0.829. The summed E-state index contributed by atoms with van der Waals surface area (Å²) in [5.74, 6) is 0.918. The Hall–Kier alpha value is -1.88. The summed E-state index contributed by atoms with van der Waals surface area (Å²) in [6.45, 7) is 4.21. The van der Waals surface area contributed by atoms with Crippen LogP contribution in [0.15, 0.2) is 24.3 Å². The standard InChI is InChI=1S/C15H18N2O2S/c1-10-14(11(2)18)15(20-17-10)16-9-8-12-4-6-13(19-3)7-5-12/h4-7,16H,8-9H2,1-3H3. The highest BCUT2D eigenvalue weighted by Crippen LogP contribution is 2.24. The van der Waals surface area contributed by atoms with Crippen LogP contribution in [0.2, 0.25) is 0 Å². The van der Waals surface area contributed by atoms with E-state index in [1.807, 2.05) is 31.2 Å². The number of carbonyl (C=O) groups is 1. The summed E-state index contributed by atoms with van der Waals surface area (Å²) in [6.07, 6.45) is 0.887. The second kappa shape index (κ2) is 6.52. The van der Waals surface area contributed by atoms with E-state index in [-0.39, 0.29) is 5.78 Å². The summed E-state index contributed by atoms with van der Waals surface area (Å²) in [5.41, 5.74) is 2.74. The minimum absolute atomic E-state index is 0.0585. The Morgan fingerprint density at radius 3 is 2.65 bits per heavy atom. The predicted octanol–water partition coefficient (Wildman–Crippen LogP) is 3.32. The summed E-state index contributed by atoms with van der Waals surface area (Å²) in [7, 11) is 1.66. The first-order valence-electron chi connectivity index (χ1n) is 6.46. The molecule has 0 spiro atoms. The number of carbonyl (C=O) groups excluding carboxylic acids is 1. The molecule has 20 heavy (non-hydrogen) atoms. The van der Waals surface area contributed by atoms with E-state index in [1.165, 1.54) is 17.1 Å². The number of ketones is 1. The molecule has 0 radical (unpaired) electrons. The lowest BCUT2D eigenvalue weighted by molar-refractivity contribution is 0.101. The van der Waals surface area contributed by atoms with Crippen LogP contribution in [-0.2, 0) is 6.42 Å². The van der Waals surface area contributed by atoms with Crippen molar-refractivity contribution in [1.29, 1.82) is 0 Å². The molecule has 0 bridgehead atoms. The first-order chi connectivity index (χ1) is 9.61. The molecule has 0 saturated heterocycles. The van der Waals surface area contributed by atoms with Crippen LogP contribution < -0.4 is 10.1 Å². The van der Waals surface area contributed by atoms with E-state index in [0.29, 0.717) is 5.56 Å². The van der Waals surface area contributed by atoms with Gasteiger partial charge in [0, 0.05) is 6.54 Å². The van der Waals surface area contributed by atoms with E-state index in [0.717, 1.165) is 29.4 Å². The van der Waals surface area contributed by atoms with Crippen LogP contribution in [0.25, 0.3) is 0 Å². The van der Waals surface area contributed by atoms with Crippen molar-refractivity contribution in [1.82, 2.24) is 4.37 Å².